The Kier molecular flexibility index (Phi) is 3.82. The van der Waals surface area contributed by atoms with Gasteiger partial charge < -0.3 is 15.7 Å². The van der Waals surface area contributed by atoms with Crippen molar-refractivity contribution in [3.63, 3.8) is 0 Å². The van der Waals surface area contributed by atoms with Crippen LogP contribution in [0.5, 0.6) is 0 Å². The van der Waals surface area contributed by atoms with Crippen LogP contribution in [0.4, 0.5) is 4.79 Å². The minimum Gasteiger partial charge on any atom is -0.465 e. The summed E-state index contributed by atoms with van der Waals surface area (Å²) in [5.74, 6) is 0.00609. The molecule has 1 aromatic rings. The molecule has 1 saturated heterocycles. The van der Waals surface area contributed by atoms with Crippen LogP contribution in [-0.4, -0.2) is 29.7 Å². The van der Waals surface area contributed by atoms with Crippen LogP contribution in [0.2, 0.25) is 0 Å². The maximum Gasteiger partial charge on any atom is 0.405 e. The molecule has 0 aliphatic carbocycles. The SMILES string of the molecule is O=C(O)N[C@@H]1CC[C@H](c2ccccc2)CNC1=O. The Morgan fingerprint density at radius 1 is 1.28 bits per heavy atom. The molecule has 0 unspecified atom stereocenters. The van der Waals surface area contributed by atoms with Gasteiger partial charge in [-0.25, -0.2) is 4.79 Å². The predicted molar refractivity (Wildman–Crippen MR) is 66.4 cm³/mol. The molecule has 0 bridgehead atoms. The molecule has 0 radical (unpaired) electrons. The maximum absolute atomic E-state index is 11.7. The van der Waals surface area contributed by atoms with Crippen LogP contribution in [0.3, 0.4) is 0 Å². The Bertz CT molecular complexity index is 433. The molecule has 18 heavy (non-hydrogen) atoms. The second-order valence-electron chi connectivity index (χ2n) is 4.43. The fraction of sp³-hybridized carbons (Fsp3) is 0.385. The summed E-state index contributed by atoms with van der Waals surface area (Å²) in [6.07, 6.45) is 0.152. The lowest BCUT2D eigenvalue weighted by molar-refractivity contribution is -0.122. The first-order chi connectivity index (χ1) is 8.66. The highest BCUT2D eigenvalue weighted by atomic mass is 16.4. The van der Waals surface area contributed by atoms with Gasteiger partial charge >= 0.3 is 6.09 Å². The van der Waals surface area contributed by atoms with E-state index in [-0.39, 0.29) is 11.8 Å². The molecule has 2 atom stereocenters. The highest BCUT2D eigenvalue weighted by Gasteiger charge is 2.26. The fourth-order valence-corrected chi connectivity index (χ4v) is 2.24. The van der Waals surface area contributed by atoms with Crippen LogP contribution in [0, 0.1) is 0 Å². The second-order valence-corrected chi connectivity index (χ2v) is 4.43. The van der Waals surface area contributed by atoms with Crippen LogP contribution in [0.15, 0.2) is 30.3 Å². The molecule has 0 spiro atoms. The summed E-state index contributed by atoms with van der Waals surface area (Å²) in [4.78, 5) is 22.3. The fourth-order valence-electron chi connectivity index (χ4n) is 2.24. The average Bonchev–Trinajstić information content (AvgIpc) is 2.54. The molecular formula is C13H16N2O3. The Morgan fingerprint density at radius 3 is 2.67 bits per heavy atom. The summed E-state index contributed by atoms with van der Waals surface area (Å²) in [5.41, 5.74) is 1.17. The quantitative estimate of drug-likeness (QED) is 0.738. The van der Waals surface area contributed by atoms with E-state index < -0.39 is 12.1 Å². The zero-order chi connectivity index (χ0) is 13.0. The topological polar surface area (TPSA) is 78.4 Å². The zero-order valence-corrected chi connectivity index (χ0v) is 9.93. The molecule has 1 aliphatic heterocycles. The van der Waals surface area contributed by atoms with Gasteiger partial charge in [-0.15, -0.1) is 0 Å². The van der Waals surface area contributed by atoms with E-state index in [2.05, 4.69) is 10.6 Å². The molecule has 1 fully saturated rings. The number of rotatable bonds is 2. The first-order valence-corrected chi connectivity index (χ1v) is 5.99. The molecule has 3 N–H and O–H groups in total. The van der Waals surface area contributed by atoms with Crippen molar-refractivity contribution < 1.29 is 14.7 Å². The summed E-state index contributed by atoms with van der Waals surface area (Å²) < 4.78 is 0. The normalized spacial score (nSPS) is 23.9. The lowest BCUT2D eigenvalue weighted by Gasteiger charge is -2.13. The van der Waals surface area contributed by atoms with E-state index in [9.17, 15) is 9.59 Å². The lowest BCUT2D eigenvalue weighted by atomic mass is 9.94. The number of hydrogen-bond acceptors (Lipinski definition) is 2. The van der Waals surface area contributed by atoms with E-state index in [1.54, 1.807) is 0 Å². The van der Waals surface area contributed by atoms with Crippen molar-refractivity contribution in [3.05, 3.63) is 35.9 Å². The number of carbonyl (C=O) groups excluding carboxylic acids is 1. The summed E-state index contributed by atoms with van der Waals surface area (Å²) in [6, 6.07) is 9.30. The largest absolute Gasteiger partial charge is 0.465 e. The van der Waals surface area contributed by atoms with Crippen molar-refractivity contribution in [1.82, 2.24) is 10.6 Å². The minimum absolute atomic E-state index is 0.240. The lowest BCUT2D eigenvalue weighted by Crippen LogP contribution is -2.45. The van der Waals surface area contributed by atoms with Gasteiger partial charge in [-0.3, -0.25) is 4.79 Å². The van der Waals surface area contributed by atoms with Crippen molar-refractivity contribution in [1.29, 1.82) is 0 Å². The third kappa shape index (κ3) is 3.00. The molecule has 1 heterocycles. The Hall–Kier alpha value is -2.04. The van der Waals surface area contributed by atoms with E-state index in [0.717, 1.165) is 6.42 Å². The van der Waals surface area contributed by atoms with Crippen LogP contribution in [0.1, 0.15) is 24.3 Å². The predicted octanol–water partition coefficient (Wildman–Crippen LogP) is 1.32. The Morgan fingerprint density at radius 2 is 2.00 bits per heavy atom. The summed E-state index contributed by atoms with van der Waals surface area (Å²) in [7, 11) is 0. The molecule has 2 amide bonds. The molecule has 0 saturated carbocycles. The molecule has 96 valence electrons. The number of amides is 2. The maximum atomic E-state index is 11.7. The van der Waals surface area contributed by atoms with Crippen molar-refractivity contribution in [3.8, 4) is 0 Å². The number of hydrogen-bond donors (Lipinski definition) is 3. The van der Waals surface area contributed by atoms with Gasteiger partial charge in [0.05, 0.1) is 0 Å². The molecule has 5 heteroatoms. The van der Waals surface area contributed by atoms with Crippen molar-refractivity contribution in [2.75, 3.05) is 6.54 Å². The number of nitrogens with one attached hydrogen (secondary N) is 2. The zero-order valence-electron chi connectivity index (χ0n) is 9.93. The average molecular weight is 248 g/mol. The van der Waals surface area contributed by atoms with Crippen LogP contribution in [0.25, 0.3) is 0 Å². The molecule has 1 aliphatic rings. The molecular weight excluding hydrogens is 232 g/mol. The van der Waals surface area contributed by atoms with E-state index in [1.165, 1.54) is 5.56 Å². The first kappa shape index (κ1) is 12.4. The first-order valence-electron chi connectivity index (χ1n) is 5.99. The van der Waals surface area contributed by atoms with Gasteiger partial charge in [-0.1, -0.05) is 30.3 Å². The van der Waals surface area contributed by atoms with Gasteiger partial charge in [0.1, 0.15) is 6.04 Å². The number of benzene rings is 1. The van der Waals surface area contributed by atoms with Crippen LogP contribution >= 0.6 is 0 Å². The second kappa shape index (κ2) is 5.53. The van der Waals surface area contributed by atoms with Crippen LogP contribution < -0.4 is 10.6 Å². The number of carboxylic acid groups (broad SMARTS) is 1. The van der Waals surface area contributed by atoms with Crippen LogP contribution in [-0.2, 0) is 4.79 Å². The number of carbonyl (C=O) groups is 2. The molecule has 5 nitrogen and oxygen atoms in total. The van der Waals surface area contributed by atoms with E-state index in [1.807, 2.05) is 30.3 Å². The summed E-state index contributed by atoms with van der Waals surface area (Å²) >= 11 is 0. The third-order valence-electron chi connectivity index (χ3n) is 3.21. The highest BCUT2D eigenvalue weighted by molar-refractivity contribution is 5.85. The third-order valence-corrected chi connectivity index (χ3v) is 3.21. The standard InChI is InChI=1S/C13H16N2O3/c16-12-11(15-13(17)18)7-6-10(8-14-12)9-4-2-1-3-5-9/h1-5,10-11,15H,6-8H2,(H,14,16)(H,17,18)/t10-,11+/m0/s1. The van der Waals surface area contributed by atoms with E-state index in [4.69, 9.17) is 5.11 Å². The highest BCUT2D eigenvalue weighted by Crippen LogP contribution is 2.23. The van der Waals surface area contributed by atoms with Gasteiger partial charge in [0.2, 0.25) is 5.91 Å². The summed E-state index contributed by atoms with van der Waals surface area (Å²) in [5, 5.41) is 13.7. The van der Waals surface area contributed by atoms with E-state index >= 15 is 0 Å². The molecule has 0 aromatic heterocycles. The molecule has 1 aromatic carbocycles. The minimum atomic E-state index is -1.16. The van der Waals surface area contributed by atoms with Gasteiger partial charge in [-0.2, -0.15) is 0 Å². The van der Waals surface area contributed by atoms with Crippen molar-refractivity contribution in [2.24, 2.45) is 0 Å². The smallest absolute Gasteiger partial charge is 0.405 e. The van der Waals surface area contributed by atoms with E-state index in [0.29, 0.717) is 13.0 Å². The van der Waals surface area contributed by atoms with Gasteiger partial charge in [0.15, 0.2) is 0 Å². The summed E-state index contributed by atoms with van der Waals surface area (Å²) in [6.45, 7) is 0.556. The van der Waals surface area contributed by atoms with Gasteiger partial charge in [0.25, 0.3) is 0 Å². The van der Waals surface area contributed by atoms with Gasteiger partial charge in [0, 0.05) is 12.5 Å². The molecule has 2 rings (SSSR count). The Labute approximate surface area is 105 Å². The Balaban J connectivity index is 2.03. The van der Waals surface area contributed by atoms with Crippen molar-refractivity contribution >= 4 is 12.0 Å². The van der Waals surface area contributed by atoms with Gasteiger partial charge in [-0.05, 0) is 18.4 Å². The monoisotopic (exact) mass is 248 g/mol. The van der Waals surface area contributed by atoms with Crippen molar-refractivity contribution in [2.45, 2.75) is 24.8 Å².